The van der Waals surface area contributed by atoms with Crippen LogP contribution in [0.2, 0.25) is 0 Å². The number of aliphatic carboxylic acids is 1. The molecule has 9 N–H and O–H groups in total. The maximum Gasteiger partial charge on any atom is 0.323 e. The highest BCUT2D eigenvalue weighted by atomic mass is 16.4. The number of Topliss-reactive ketones (excluding diaryl/α,β-unsaturated/α-hetero) is 1. The first-order chi connectivity index (χ1) is 24.4. The van der Waals surface area contributed by atoms with E-state index in [0.29, 0.717) is 32.2 Å². The molecule has 0 unspecified atom stereocenters. The molecule has 0 bridgehead atoms. The van der Waals surface area contributed by atoms with Gasteiger partial charge in [-0.2, -0.15) is 0 Å². The SMILES string of the molecule is CC(C)C[C@@H](NC(=O)[C@@H](Cc1ccccc1)NC(=O)N(CCN)Cc1cccnc1)C(=O)C[C@H](CCCCN)C(=O)N1CCC(N)(C(=O)O)CC1. The number of benzene rings is 1. The van der Waals surface area contributed by atoms with E-state index in [1.165, 1.54) is 4.90 Å². The number of pyridine rings is 1. The topological polar surface area (TPSA) is 227 Å². The van der Waals surface area contributed by atoms with Crippen LogP contribution in [0.3, 0.4) is 0 Å². The first kappa shape index (κ1) is 41.0. The summed E-state index contributed by atoms with van der Waals surface area (Å²) in [6, 6.07) is 10.5. The third-order valence-electron chi connectivity index (χ3n) is 9.29. The normalized spacial score (nSPS) is 15.8. The molecule has 0 aliphatic carbocycles. The third kappa shape index (κ3) is 13.0. The van der Waals surface area contributed by atoms with Gasteiger partial charge in [0.2, 0.25) is 11.8 Å². The molecule has 0 saturated carbocycles. The first-order valence-electron chi connectivity index (χ1n) is 17.9. The van der Waals surface area contributed by atoms with E-state index in [1.807, 2.05) is 50.2 Å². The number of likely N-dealkylation sites (tertiary alicyclic amines) is 1. The second-order valence-corrected chi connectivity index (χ2v) is 13.9. The van der Waals surface area contributed by atoms with Gasteiger partial charge in [0.05, 0.1) is 6.04 Å². The van der Waals surface area contributed by atoms with E-state index in [0.717, 1.165) is 11.1 Å². The number of rotatable bonds is 20. The molecule has 1 fully saturated rings. The minimum absolute atomic E-state index is 0.0307. The molecule has 0 radical (unpaired) electrons. The van der Waals surface area contributed by atoms with Gasteiger partial charge >= 0.3 is 12.0 Å². The van der Waals surface area contributed by atoms with Crippen LogP contribution in [0.1, 0.15) is 69.9 Å². The Morgan fingerprint density at radius 2 is 1.63 bits per heavy atom. The number of nitrogens with one attached hydrogen (secondary N) is 2. The summed E-state index contributed by atoms with van der Waals surface area (Å²) in [4.78, 5) is 74.3. The van der Waals surface area contributed by atoms with E-state index in [1.54, 1.807) is 23.4 Å². The van der Waals surface area contributed by atoms with Crippen LogP contribution in [0.4, 0.5) is 4.79 Å². The number of nitrogens with zero attached hydrogens (tertiary/aromatic N) is 3. The Balaban J connectivity index is 1.80. The van der Waals surface area contributed by atoms with E-state index in [9.17, 15) is 29.1 Å². The van der Waals surface area contributed by atoms with Crippen molar-refractivity contribution in [3.8, 4) is 0 Å². The van der Waals surface area contributed by atoms with Gasteiger partial charge in [-0.05, 0) is 61.8 Å². The molecule has 280 valence electrons. The zero-order valence-electron chi connectivity index (χ0n) is 30.0. The lowest BCUT2D eigenvalue weighted by Crippen LogP contribution is -2.57. The highest BCUT2D eigenvalue weighted by Gasteiger charge is 2.40. The number of carbonyl (C=O) groups is 5. The van der Waals surface area contributed by atoms with Crippen molar-refractivity contribution in [2.45, 2.75) is 89.4 Å². The van der Waals surface area contributed by atoms with Crippen molar-refractivity contribution in [1.82, 2.24) is 25.4 Å². The van der Waals surface area contributed by atoms with Crippen LogP contribution >= 0.6 is 0 Å². The third-order valence-corrected chi connectivity index (χ3v) is 9.29. The summed E-state index contributed by atoms with van der Waals surface area (Å²) in [5.74, 6) is -2.77. The lowest BCUT2D eigenvalue weighted by Gasteiger charge is -2.38. The fourth-order valence-electron chi connectivity index (χ4n) is 6.27. The number of aromatic nitrogens is 1. The van der Waals surface area contributed by atoms with Gasteiger partial charge in [-0.15, -0.1) is 0 Å². The zero-order valence-corrected chi connectivity index (χ0v) is 30.0. The first-order valence-corrected chi connectivity index (χ1v) is 17.9. The monoisotopic (exact) mass is 708 g/mol. The number of hydrogen-bond acceptors (Lipinski definition) is 9. The van der Waals surface area contributed by atoms with E-state index < -0.39 is 41.4 Å². The number of unbranched alkanes of at least 4 members (excludes halogenated alkanes) is 1. The number of hydrogen-bond donors (Lipinski definition) is 6. The molecule has 1 aliphatic rings. The lowest BCUT2D eigenvalue weighted by atomic mass is 9.86. The molecule has 4 amide bonds. The van der Waals surface area contributed by atoms with Crippen molar-refractivity contribution in [3.63, 3.8) is 0 Å². The minimum Gasteiger partial charge on any atom is -0.480 e. The highest BCUT2D eigenvalue weighted by molar-refractivity contribution is 5.94. The molecule has 3 atom stereocenters. The minimum atomic E-state index is -1.39. The standard InChI is InChI=1S/C37H56N8O6/c1-26(2)21-30(32(46)23-29(12-6-7-15-38)34(48)44-18-13-37(40,14-19-44)35(49)50)42-33(47)31(22-27-9-4-3-5-10-27)43-36(51)45(20-16-39)25-28-11-8-17-41-24-28/h3-5,8-11,17,24,26,29-31H,6-7,12-16,18-23,25,38-40H2,1-2H3,(H,42,47)(H,43,51)(H,49,50)/t29-,30+,31+/m0/s1. The van der Waals surface area contributed by atoms with Crippen molar-refractivity contribution in [2.75, 3.05) is 32.7 Å². The highest BCUT2D eigenvalue weighted by Crippen LogP contribution is 2.25. The quantitative estimate of drug-likeness (QED) is 0.109. The van der Waals surface area contributed by atoms with E-state index in [2.05, 4.69) is 15.6 Å². The van der Waals surface area contributed by atoms with Gasteiger partial charge in [-0.25, -0.2) is 4.79 Å². The van der Waals surface area contributed by atoms with Crippen LogP contribution in [0, 0.1) is 11.8 Å². The van der Waals surface area contributed by atoms with Crippen LogP contribution in [0.15, 0.2) is 54.9 Å². The molecule has 14 nitrogen and oxygen atoms in total. The van der Waals surface area contributed by atoms with Crippen molar-refractivity contribution in [3.05, 3.63) is 66.0 Å². The van der Waals surface area contributed by atoms with Crippen molar-refractivity contribution >= 4 is 29.6 Å². The fraction of sp³-hybridized carbons (Fsp3) is 0.568. The average Bonchev–Trinajstić information content (AvgIpc) is 3.11. The maximum absolute atomic E-state index is 14.0. The lowest BCUT2D eigenvalue weighted by molar-refractivity contribution is -0.149. The predicted molar refractivity (Wildman–Crippen MR) is 194 cm³/mol. The van der Waals surface area contributed by atoms with Crippen LogP contribution in [-0.4, -0.2) is 99.8 Å². The fourth-order valence-corrected chi connectivity index (χ4v) is 6.27. The van der Waals surface area contributed by atoms with E-state index in [-0.39, 0.29) is 76.0 Å². The van der Waals surface area contributed by atoms with Crippen molar-refractivity contribution < 1.29 is 29.1 Å². The van der Waals surface area contributed by atoms with Crippen LogP contribution in [0.25, 0.3) is 0 Å². The second-order valence-electron chi connectivity index (χ2n) is 13.9. The molecular weight excluding hydrogens is 652 g/mol. The van der Waals surface area contributed by atoms with Crippen LogP contribution in [0.5, 0.6) is 0 Å². The molecule has 51 heavy (non-hydrogen) atoms. The van der Waals surface area contributed by atoms with Gasteiger partial charge in [0, 0.05) is 63.9 Å². The smallest absolute Gasteiger partial charge is 0.323 e. The summed E-state index contributed by atoms with van der Waals surface area (Å²) in [6.07, 6.45) is 5.68. The summed E-state index contributed by atoms with van der Waals surface area (Å²) in [7, 11) is 0. The Bertz CT molecular complexity index is 1420. The Morgan fingerprint density at radius 1 is 0.941 bits per heavy atom. The number of carboxylic acids is 1. The summed E-state index contributed by atoms with van der Waals surface area (Å²) in [5, 5.41) is 15.3. The predicted octanol–water partition coefficient (Wildman–Crippen LogP) is 1.80. The molecule has 2 heterocycles. The Hall–Kier alpha value is -4.40. The summed E-state index contributed by atoms with van der Waals surface area (Å²) in [5.41, 5.74) is 17.8. The van der Waals surface area contributed by atoms with Crippen molar-refractivity contribution in [2.24, 2.45) is 29.0 Å². The van der Waals surface area contributed by atoms with Gasteiger partial charge in [-0.3, -0.25) is 24.2 Å². The molecule has 3 rings (SSSR count). The molecule has 0 spiro atoms. The molecule has 1 saturated heterocycles. The molecule has 1 aromatic carbocycles. The Kier molecular flexibility index (Phi) is 16.4. The van der Waals surface area contributed by atoms with Gasteiger partial charge in [0.15, 0.2) is 5.78 Å². The number of ketones is 1. The number of urea groups is 1. The average molecular weight is 709 g/mol. The van der Waals surface area contributed by atoms with Gasteiger partial charge in [0.1, 0.15) is 11.6 Å². The van der Waals surface area contributed by atoms with E-state index >= 15 is 0 Å². The zero-order chi connectivity index (χ0) is 37.4. The van der Waals surface area contributed by atoms with Gasteiger partial charge in [-0.1, -0.05) is 56.7 Å². The number of amides is 4. The molecule has 14 heteroatoms. The van der Waals surface area contributed by atoms with Gasteiger partial charge in [0.25, 0.3) is 0 Å². The molecular formula is C37H56N8O6. The number of carbonyl (C=O) groups excluding carboxylic acids is 4. The van der Waals surface area contributed by atoms with E-state index in [4.69, 9.17) is 17.2 Å². The van der Waals surface area contributed by atoms with Crippen LogP contribution < -0.4 is 27.8 Å². The number of nitrogens with two attached hydrogens (primary N) is 3. The summed E-state index contributed by atoms with van der Waals surface area (Å²) in [6.45, 7) is 5.38. The van der Waals surface area contributed by atoms with Crippen LogP contribution in [-0.2, 0) is 32.1 Å². The second kappa shape index (κ2) is 20.4. The number of piperidine rings is 1. The van der Waals surface area contributed by atoms with Crippen molar-refractivity contribution in [1.29, 1.82) is 0 Å². The largest absolute Gasteiger partial charge is 0.480 e. The molecule has 2 aromatic rings. The number of carboxylic acid groups (broad SMARTS) is 1. The maximum atomic E-state index is 14.0. The molecule has 1 aliphatic heterocycles. The Labute approximate surface area is 300 Å². The van der Waals surface area contributed by atoms with Gasteiger partial charge < -0.3 is 42.7 Å². The summed E-state index contributed by atoms with van der Waals surface area (Å²) >= 11 is 0. The summed E-state index contributed by atoms with van der Waals surface area (Å²) < 4.78 is 0. The Morgan fingerprint density at radius 3 is 2.22 bits per heavy atom. The molecule has 1 aromatic heterocycles.